The van der Waals surface area contributed by atoms with E-state index in [2.05, 4.69) is 29.6 Å². The van der Waals surface area contributed by atoms with Crippen molar-refractivity contribution in [3.05, 3.63) is 47.3 Å². The molecule has 2 heterocycles. The molecule has 1 aliphatic rings. The monoisotopic (exact) mass is 312 g/mol. The maximum atomic E-state index is 12.4. The fourth-order valence-corrected chi connectivity index (χ4v) is 3.05. The van der Waals surface area contributed by atoms with Gasteiger partial charge in [0.1, 0.15) is 0 Å². The van der Waals surface area contributed by atoms with Gasteiger partial charge in [0.15, 0.2) is 5.69 Å². The molecule has 1 unspecified atom stereocenters. The van der Waals surface area contributed by atoms with Crippen LogP contribution in [0.5, 0.6) is 0 Å². The molecule has 1 amide bonds. The van der Waals surface area contributed by atoms with Gasteiger partial charge in [-0.3, -0.25) is 9.48 Å². The van der Waals surface area contributed by atoms with Crippen LogP contribution in [-0.4, -0.2) is 28.8 Å². The molecule has 1 aromatic carbocycles. The summed E-state index contributed by atoms with van der Waals surface area (Å²) < 4.78 is 1.91. The van der Waals surface area contributed by atoms with Crippen molar-refractivity contribution in [1.82, 2.24) is 15.1 Å². The number of nitrogens with one attached hydrogen (secondary N) is 2. The molecule has 1 atom stereocenters. The van der Waals surface area contributed by atoms with E-state index < -0.39 is 0 Å². The summed E-state index contributed by atoms with van der Waals surface area (Å²) in [5, 5.41) is 10.8. The first-order valence-corrected chi connectivity index (χ1v) is 8.34. The molecule has 23 heavy (non-hydrogen) atoms. The van der Waals surface area contributed by atoms with E-state index in [-0.39, 0.29) is 5.91 Å². The van der Waals surface area contributed by atoms with E-state index in [1.165, 1.54) is 11.1 Å². The highest BCUT2D eigenvalue weighted by atomic mass is 16.1. The molecular formula is C18H24N4O. The van der Waals surface area contributed by atoms with E-state index in [1.54, 1.807) is 6.07 Å². The zero-order valence-corrected chi connectivity index (χ0v) is 13.8. The Kier molecular flexibility index (Phi) is 4.76. The highest BCUT2D eigenvalue weighted by Crippen LogP contribution is 2.18. The predicted molar refractivity (Wildman–Crippen MR) is 91.9 cm³/mol. The standard InChI is InChI=1S/C18H24N4O/c1-3-14-11-15(7-6-13(14)2)20-18(23)17-8-10-22(21-17)16-5-4-9-19-12-16/h6-8,10-11,16,19H,3-5,9,12H2,1-2H3,(H,20,23). The van der Waals surface area contributed by atoms with Gasteiger partial charge in [0.05, 0.1) is 6.04 Å². The summed E-state index contributed by atoms with van der Waals surface area (Å²) in [6.07, 6.45) is 5.11. The Morgan fingerprint density at radius 3 is 3.04 bits per heavy atom. The maximum absolute atomic E-state index is 12.4. The van der Waals surface area contributed by atoms with Crippen molar-refractivity contribution in [2.45, 2.75) is 39.2 Å². The Bertz CT molecular complexity index is 686. The number of aryl methyl sites for hydroxylation is 2. The van der Waals surface area contributed by atoms with E-state index in [9.17, 15) is 4.79 Å². The summed E-state index contributed by atoms with van der Waals surface area (Å²) in [6.45, 7) is 6.19. The lowest BCUT2D eigenvalue weighted by Crippen LogP contribution is -2.32. The second-order valence-electron chi connectivity index (χ2n) is 6.13. The third-order valence-electron chi connectivity index (χ3n) is 4.47. The molecule has 2 N–H and O–H groups in total. The smallest absolute Gasteiger partial charge is 0.276 e. The molecular weight excluding hydrogens is 288 g/mol. The first-order chi connectivity index (χ1) is 11.2. The van der Waals surface area contributed by atoms with Gasteiger partial charge < -0.3 is 10.6 Å². The first kappa shape index (κ1) is 15.7. The highest BCUT2D eigenvalue weighted by Gasteiger charge is 2.17. The van der Waals surface area contributed by atoms with Crippen LogP contribution in [0.1, 0.15) is 47.4 Å². The third kappa shape index (κ3) is 3.62. The highest BCUT2D eigenvalue weighted by molar-refractivity contribution is 6.02. The number of carbonyl (C=O) groups excluding carboxylic acids is 1. The summed E-state index contributed by atoms with van der Waals surface area (Å²) in [6, 6.07) is 8.15. The number of amides is 1. The lowest BCUT2D eigenvalue weighted by molar-refractivity contribution is 0.102. The molecule has 0 saturated carbocycles. The van der Waals surface area contributed by atoms with Crippen molar-refractivity contribution in [2.75, 3.05) is 18.4 Å². The molecule has 1 aromatic heterocycles. The van der Waals surface area contributed by atoms with Crippen molar-refractivity contribution in [3.63, 3.8) is 0 Å². The van der Waals surface area contributed by atoms with Gasteiger partial charge >= 0.3 is 0 Å². The zero-order chi connectivity index (χ0) is 16.2. The van der Waals surface area contributed by atoms with Crippen molar-refractivity contribution in [3.8, 4) is 0 Å². The second kappa shape index (κ2) is 6.96. The van der Waals surface area contributed by atoms with Crippen LogP contribution in [0.25, 0.3) is 0 Å². The van der Waals surface area contributed by atoms with Crippen LogP contribution in [0.3, 0.4) is 0 Å². The van der Waals surface area contributed by atoms with Crippen molar-refractivity contribution >= 4 is 11.6 Å². The number of rotatable bonds is 4. The fraction of sp³-hybridized carbons (Fsp3) is 0.444. The quantitative estimate of drug-likeness (QED) is 0.912. The molecule has 2 aromatic rings. The molecule has 1 aliphatic heterocycles. The number of aromatic nitrogens is 2. The molecule has 1 saturated heterocycles. The van der Waals surface area contributed by atoms with Gasteiger partial charge in [0.2, 0.25) is 0 Å². The average Bonchev–Trinajstić information content (AvgIpc) is 3.07. The number of hydrogen-bond acceptors (Lipinski definition) is 3. The SMILES string of the molecule is CCc1cc(NC(=O)c2ccn(C3CCCNC3)n2)ccc1C. The third-order valence-corrected chi connectivity index (χ3v) is 4.47. The number of nitrogens with zero attached hydrogens (tertiary/aromatic N) is 2. The van der Waals surface area contributed by atoms with E-state index in [1.807, 2.05) is 29.1 Å². The predicted octanol–water partition coefficient (Wildman–Crippen LogP) is 2.93. The second-order valence-corrected chi connectivity index (χ2v) is 6.13. The van der Waals surface area contributed by atoms with Gasteiger partial charge in [-0.25, -0.2) is 0 Å². The largest absolute Gasteiger partial charge is 0.321 e. The van der Waals surface area contributed by atoms with Crippen LogP contribution < -0.4 is 10.6 Å². The molecule has 122 valence electrons. The zero-order valence-electron chi connectivity index (χ0n) is 13.8. The molecule has 5 heteroatoms. The minimum Gasteiger partial charge on any atom is -0.321 e. The summed E-state index contributed by atoms with van der Waals surface area (Å²) in [4.78, 5) is 12.4. The summed E-state index contributed by atoms with van der Waals surface area (Å²) >= 11 is 0. The Morgan fingerprint density at radius 2 is 2.30 bits per heavy atom. The van der Waals surface area contributed by atoms with Gasteiger partial charge in [-0.15, -0.1) is 0 Å². The van der Waals surface area contributed by atoms with Gasteiger partial charge in [-0.1, -0.05) is 13.0 Å². The van der Waals surface area contributed by atoms with E-state index >= 15 is 0 Å². The number of anilines is 1. The molecule has 0 radical (unpaired) electrons. The van der Waals surface area contributed by atoms with Crippen LogP contribution in [0.2, 0.25) is 0 Å². The molecule has 5 nitrogen and oxygen atoms in total. The van der Waals surface area contributed by atoms with Crippen LogP contribution in [0, 0.1) is 6.92 Å². The van der Waals surface area contributed by atoms with E-state index in [0.717, 1.165) is 38.0 Å². The summed E-state index contributed by atoms with van der Waals surface area (Å²) in [5.41, 5.74) is 3.79. The molecule has 3 rings (SSSR count). The number of carbonyl (C=O) groups is 1. The van der Waals surface area contributed by atoms with Crippen molar-refractivity contribution < 1.29 is 4.79 Å². The normalized spacial score (nSPS) is 17.9. The number of piperidine rings is 1. The first-order valence-electron chi connectivity index (χ1n) is 8.34. The number of hydrogen-bond donors (Lipinski definition) is 2. The summed E-state index contributed by atoms with van der Waals surface area (Å²) in [7, 11) is 0. The lowest BCUT2D eigenvalue weighted by Gasteiger charge is -2.22. The van der Waals surface area contributed by atoms with Gasteiger partial charge in [0.25, 0.3) is 5.91 Å². The van der Waals surface area contributed by atoms with Crippen LogP contribution >= 0.6 is 0 Å². The molecule has 0 bridgehead atoms. The molecule has 0 aliphatic carbocycles. The Balaban J connectivity index is 1.70. The Labute approximate surface area is 137 Å². The fourth-order valence-electron chi connectivity index (χ4n) is 3.05. The minimum absolute atomic E-state index is 0.154. The van der Waals surface area contributed by atoms with E-state index in [4.69, 9.17) is 0 Å². The minimum atomic E-state index is -0.154. The lowest BCUT2D eigenvalue weighted by atomic mass is 10.1. The average molecular weight is 312 g/mol. The van der Waals surface area contributed by atoms with Gasteiger partial charge in [-0.2, -0.15) is 5.10 Å². The van der Waals surface area contributed by atoms with Crippen molar-refractivity contribution in [2.24, 2.45) is 0 Å². The van der Waals surface area contributed by atoms with Gasteiger partial charge in [-0.05, 0) is 62.1 Å². The van der Waals surface area contributed by atoms with E-state index in [0.29, 0.717) is 11.7 Å². The number of benzene rings is 1. The summed E-state index contributed by atoms with van der Waals surface area (Å²) in [5.74, 6) is -0.154. The Morgan fingerprint density at radius 1 is 1.43 bits per heavy atom. The molecule has 1 fully saturated rings. The maximum Gasteiger partial charge on any atom is 0.276 e. The topological polar surface area (TPSA) is 59.0 Å². The van der Waals surface area contributed by atoms with Crippen LogP contribution in [0.4, 0.5) is 5.69 Å². The van der Waals surface area contributed by atoms with Crippen LogP contribution in [0.15, 0.2) is 30.5 Å². The van der Waals surface area contributed by atoms with Crippen LogP contribution in [-0.2, 0) is 6.42 Å². The molecule has 0 spiro atoms. The van der Waals surface area contributed by atoms with Gasteiger partial charge in [0, 0.05) is 18.4 Å². The Hall–Kier alpha value is -2.14. The van der Waals surface area contributed by atoms with Crippen molar-refractivity contribution in [1.29, 1.82) is 0 Å².